The summed E-state index contributed by atoms with van der Waals surface area (Å²) in [5.74, 6) is -0.782. The molecule has 0 heterocycles. The van der Waals surface area contributed by atoms with Gasteiger partial charge in [0.1, 0.15) is 5.82 Å². The van der Waals surface area contributed by atoms with Crippen LogP contribution in [0.3, 0.4) is 0 Å². The fourth-order valence-electron chi connectivity index (χ4n) is 1.68. The maximum atomic E-state index is 13.7. The van der Waals surface area contributed by atoms with Gasteiger partial charge in [0.25, 0.3) is 5.91 Å². The lowest BCUT2D eigenvalue weighted by atomic mass is 10.2. The minimum atomic E-state index is -0.448. The summed E-state index contributed by atoms with van der Waals surface area (Å²) < 4.78 is 14.3. The highest BCUT2D eigenvalue weighted by Gasteiger charge is 2.18. The first kappa shape index (κ1) is 14.0. The zero-order chi connectivity index (χ0) is 14.0. The molecule has 0 radical (unpaired) electrons. The van der Waals surface area contributed by atoms with E-state index in [1.54, 1.807) is 36.4 Å². The Morgan fingerprint density at radius 1 is 1.26 bits per heavy atom. The van der Waals surface area contributed by atoms with Crippen LogP contribution in [0.4, 0.5) is 10.1 Å². The average molecular weight is 343 g/mol. The van der Waals surface area contributed by atoms with Gasteiger partial charge in [0.15, 0.2) is 0 Å². The van der Waals surface area contributed by atoms with E-state index in [1.807, 2.05) is 0 Å². The SMILES string of the molecule is CN(C(=O)c1cc(Cl)ccc1Br)c1ccccc1F. The summed E-state index contributed by atoms with van der Waals surface area (Å²) in [7, 11) is 1.52. The molecule has 0 aliphatic rings. The van der Waals surface area contributed by atoms with Gasteiger partial charge in [-0.1, -0.05) is 23.7 Å². The number of para-hydroxylation sites is 1. The third-order valence-corrected chi connectivity index (χ3v) is 3.60. The third kappa shape index (κ3) is 2.96. The lowest BCUT2D eigenvalue weighted by Crippen LogP contribution is -2.27. The summed E-state index contributed by atoms with van der Waals surface area (Å²) >= 11 is 9.17. The molecule has 0 atom stereocenters. The second kappa shape index (κ2) is 5.72. The summed E-state index contributed by atoms with van der Waals surface area (Å²) in [6.45, 7) is 0. The molecule has 0 fully saturated rings. The molecule has 2 nitrogen and oxygen atoms in total. The summed E-state index contributed by atoms with van der Waals surface area (Å²) in [4.78, 5) is 13.6. The van der Waals surface area contributed by atoms with Crippen molar-refractivity contribution in [1.82, 2.24) is 0 Å². The molecule has 0 spiro atoms. The molecule has 0 aromatic heterocycles. The van der Waals surface area contributed by atoms with Crippen molar-refractivity contribution in [1.29, 1.82) is 0 Å². The monoisotopic (exact) mass is 341 g/mol. The van der Waals surface area contributed by atoms with Crippen LogP contribution in [-0.4, -0.2) is 13.0 Å². The number of nitrogens with zero attached hydrogens (tertiary/aromatic N) is 1. The molecule has 2 aromatic rings. The van der Waals surface area contributed by atoms with Crippen molar-refractivity contribution in [2.45, 2.75) is 0 Å². The van der Waals surface area contributed by atoms with Gasteiger partial charge in [-0.15, -0.1) is 0 Å². The molecule has 0 N–H and O–H groups in total. The number of carbonyl (C=O) groups is 1. The topological polar surface area (TPSA) is 20.3 Å². The van der Waals surface area contributed by atoms with Crippen molar-refractivity contribution in [2.24, 2.45) is 0 Å². The molecule has 19 heavy (non-hydrogen) atoms. The van der Waals surface area contributed by atoms with Gasteiger partial charge in [-0.25, -0.2) is 4.39 Å². The molecule has 5 heteroatoms. The van der Waals surface area contributed by atoms with Gasteiger partial charge < -0.3 is 4.90 Å². The molecular formula is C14H10BrClFNO. The number of rotatable bonds is 2. The Morgan fingerprint density at radius 3 is 2.63 bits per heavy atom. The maximum Gasteiger partial charge on any atom is 0.259 e. The molecule has 0 saturated heterocycles. The van der Waals surface area contributed by atoms with Crippen LogP contribution in [-0.2, 0) is 0 Å². The predicted octanol–water partition coefficient (Wildman–Crippen LogP) is 4.52. The molecule has 0 aliphatic heterocycles. The lowest BCUT2D eigenvalue weighted by molar-refractivity contribution is 0.0991. The molecule has 0 saturated carbocycles. The Bertz CT molecular complexity index is 633. The largest absolute Gasteiger partial charge is 0.309 e. The fraction of sp³-hybridized carbons (Fsp3) is 0.0714. The molecule has 2 aromatic carbocycles. The number of hydrogen-bond donors (Lipinski definition) is 0. The van der Waals surface area contributed by atoms with E-state index in [4.69, 9.17) is 11.6 Å². The van der Waals surface area contributed by atoms with E-state index < -0.39 is 5.82 Å². The molecule has 0 aliphatic carbocycles. The summed E-state index contributed by atoms with van der Waals surface area (Å²) in [5, 5.41) is 0.452. The van der Waals surface area contributed by atoms with Crippen LogP contribution in [0, 0.1) is 5.82 Å². The van der Waals surface area contributed by atoms with Crippen molar-refractivity contribution >= 4 is 39.1 Å². The predicted molar refractivity (Wildman–Crippen MR) is 78.3 cm³/mol. The van der Waals surface area contributed by atoms with Crippen LogP contribution >= 0.6 is 27.5 Å². The summed E-state index contributed by atoms with van der Waals surface area (Å²) in [6, 6.07) is 11.0. The quantitative estimate of drug-likeness (QED) is 0.786. The van der Waals surface area contributed by atoms with Gasteiger partial charge >= 0.3 is 0 Å². The number of carbonyl (C=O) groups excluding carboxylic acids is 1. The average Bonchev–Trinajstić information content (AvgIpc) is 2.40. The van der Waals surface area contributed by atoms with E-state index >= 15 is 0 Å². The van der Waals surface area contributed by atoms with Gasteiger partial charge in [-0.3, -0.25) is 4.79 Å². The molecule has 98 valence electrons. The summed E-state index contributed by atoms with van der Waals surface area (Å²) in [5.41, 5.74) is 0.609. The van der Waals surface area contributed by atoms with E-state index in [0.717, 1.165) is 0 Å². The van der Waals surface area contributed by atoms with Crippen molar-refractivity contribution < 1.29 is 9.18 Å². The Kier molecular flexibility index (Phi) is 4.22. The van der Waals surface area contributed by atoms with Crippen LogP contribution in [0.1, 0.15) is 10.4 Å². The Balaban J connectivity index is 2.39. The van der Waals surface area contributed by atoms with Crippen LogP contribution in [0.25, 0.3) is 0 Å². The molecule has 0 bridgehead atoms. The Labute approximate surface area is 123 Å². The normalized spacial score (nSPS) is 10.3. The second-order valence-electron chi connectivity index (χ2n) is 3.94. The number of benzene rings is 2. The second-order valence-corrected chi connectivity index (χ2v) is 5.23. The minimum absolute atomic E-state index is 0.222. The van der Waals surface area contributed by atoms with Crippen LogP contribution in [0.15, 0.2) is 46.9 Å². The Morgan fingerprint density at radius 2 is 1.95 bits per heavy atom. The van der Waals surface area contributed by atoms with Gasteiger partial charge in [-0.05, 0) is 46.3 Å². The number of hydrogen-bond acceptors (Lipinski definition) is 1. The van der Waals surface area contributed by atoms with Gasteiger partial charge in [0, 0.05) is 16.5 Å². The van der Waals surface area contributed by atoms with Gasteiger partial charge in [0.2, 0.25) is 0 Å². The highest BCUT2D eigenvalue weighted by atomic mass is 79.9. The van der Waals surface area contributed by atoms with Crippen LogP contribution in [0.5, 0.6) is 0 Å². The van der Waals surface area contributed by atoms with E-state index in [2.05, 4.69) is 15.9 Å². The zero-order valence-electron chi connectivity index (χ0n) is 10.0. The molecule has 0 unspecified atom stereocenters. The van der Waals surface area contributed by atoms with Gasteiger partial charge in [0.05, 0.1) is 11.3 Å². The number of halogens is 3. The van der Waals surface area contributed by atoms with Crippen molar-refractivity contribution in [3.8, 4) is 0 Å². The molecular weight excluding hydrogens is 333 g/mol. The smallest absolute Gasteiger partial charge is 0.259 e. The number of anilines is 1. The van der Waals surface area contributed by atoms with Crippen molar-refractivity contribution in [3.63, 3.8) is 0 Å². The van der Waals surface area contributed by atoms with Crippen LogP contribution < -0.4 is 4.90 Å². The highest BCUT2D eigenvalue weighted by Crippen LogP contribution is 2.25. The molecule has 2 rings (SSSR count). The van der Waals surface area contributed by atoms with E-state index in [1.165, 1.54) is 18.0 Å². The maximum absolute atomic E-state index is 13.7. The van der Waals surface area contributed by atoms with E-state index in [9.17, 15) is 9.18 Å². The van der Waals surface area contributed by atoms with Gasteiger partial charge in [-0.2, -0.15) is 0 Å². The fourth-order valence-corrected chi connectivity index (χ4v) is 2.26. The minimum Gasteiger partial charge on any atom is -0.309 e. The number of amides is 1. The Hall–Kier alpha value is -1.39. The summed E-state index contributed by atoms with van der Waals surface area (Å²) in [6.07, 6.45) is 0. The van der Waals surface area contributed by atoms with Crippen molar-refractivity contribution in [2.75, 3.05) is 11.9 Å². The third-order valence-electron chi connectivity index (χ3n) is 2.68. The first-order valence-corrected chi connectivity index (χ1v) is 6.65. The van der Waals surface area contributed by atoms with Crippen LogP contribution in [0.2, 0.25) is 5.02 Å². The first-order chi connectivity index (χ1) is 9.00. The molecule has 1 amide bonds. The zero-order valence-corrected chi connectivity index (χ0v) is 12.4. The standard InChI is InChI=1S/C14H10BrClFNO/c1-18(13-5-3-2-4-12(13)17)14(19)10-8-9(16)6-7-11(10)15/h2-8H,1H3. The first-order valence-electron chi connectivity index (χ1n) is 5.48. The van der Waals surface area contributed by atoms with Crippen molar-refractivity contribution in [3.05, 3.63) is 63.3 Å². The highest BCUT2D eigenvalue weighted by molar-refractivity contribution is 9.10. The lowest BCUT2D eigenvalue weighted by Gasteiger charge is -2.18. The van der Waals surface area contributed by atoms with E-state index in [-0.39, 0.29) is 11.6 Å². The van der Waals surface area contributed by atoms with E-state index in [0.29, 0.717) is 15.1 Å².